The Kier molecular flexibility index (Phi) is 5.61. The molecule has 0 saturated heterocycles. The third-order valence-corrected chi connectivity index (χ3v) is 4.30. The van der Waals surface area contributed by atoms with Crippen molar-refractivity contribution >= 4 is 22.9 Å². The number of benzene rings is 2. The van der Waals surface area contributed by atoms with E-state index in [1.807, 2.05) is 54.6 Å². The van der Waals surface area contributed by atoms with Gasteiger partial charge in [0.05, 0.1) is 0 Å². The molecule has 0 aliphatic heterocycles. The van der Waals surface area contributed by atoms with Gasteiger partial charge in [-0.3, -0.25) is 10.2 Å². The molecule has 2 aromatic rings. The van der Waals surface area contributed by atoms with Crippen LogP contribution in [0, 0.1) is 5.41 Å². The van der Waals surface area contributed by atoms with Crippen LogP contribution in [0.4, 0.5) is 0 Å². The van der Waals surface area contributed by atoms with Crippen LogP contribution in [0.2, 0.25) is 0 Å². The van der Waals surface area contributed by atoms with Gasteiger partial charge in [0.2, 0.25) is 0 Å². The van der Waals surface area contributed by atoms with Gasteiger partial charge in [0.1, 0.15) is 5.25 Å². The average Bonchev–Trinajstić information content (AvgIpc) is 2.52. The topological polar surface area (TPSA) is 87.2 Å². The number of carboxylic acids is 1. The van der Waals surface area contributed by atoms with Gasteiger partial charge in [-0.05, 0) is 29.5 Å². The van der Waals surface area contributed by atoms with Crippen LogP contribution >= 0.6 is 11.8 Å². The zero-order valence-corrected chi connectivity index (χ0v) is 12.8. The molecule has 0 fully saturated rings. The van der Waals surface area contributed by atoms with E-state index in [9.17, 15) is 9.90 Å². The summed E-state index contributed by atoms with van der Waals surface area (Å²) in [5.74, 6) is -0.933. The van der Waals surface area contributed by atoms with Gasteiger partial charge in [0.15, 0.2) is 5.17 Å². The second-order valence-electron chi connectivity index (χ2n) is 4.87. The predicted molar refractivity (Wildman–Crippen MR) is 91.1 cm³/mol. The van der Waals surface area contributed by atoms with Crippen molar-refractivity contribution in [3.63, 3.8) is 0 Å². The quantitative estimate of drug-likeness (QED) is 0.563. The van der Waals surface area contributed by atoms with E-state index in [2.05, 4.69) is 0 Å². The number of aliphatic carboxylic acids is 1. The minimum absolute atomic E-state index is 0.163. The van der Waals surface area contributed by atoms with E-state index in [-0.39, 0.29) is 5.17 Å². The van der Waals surface area contributed by atoms with E-state index in [1.54, 1.807) is 0 Å². The SMILES string of the molecule is N=C(N)SC(CCc1ccccc1-c1ccccc1)C(=O)O. The molecular weight excluding hydrogens is 296 g/mol. The van der Waals surface area contributed by atoms with Crippen LogP contribution in [0.15, 0.2) is 54.6 Å². The molecule has 5 heteroatoms. The van der Waals surface area contributed by atoms with Gasteiger partial charge in [0.25, 0.3) is 0 Å². The summed E-state index contributed by atoms with van der Waals surface area (Å²) >= 11 is 0.890. The number of nitrogens with one attached hydrogen (secondary N) is 1. The van der Waals surface area contributed by atoms with Gasteiger partial charge < -0.3 is 10.8 Å². The lowest BCUT2D eigenvalue weighted by molar-refractivity contribution is -0.136. The first-order chi connectivity index (χ1) is 10.6. The highest BCUT2D eigenvalue weighted by Crippen LogP contribution is 2.26. The summed E-state index contributed by atoms with van der Waals surface area (Å²) in [5.41, 5.74) is 8.63. The molecule has 0 radical (unpaired) electrons. The van der Waals surface area contributed by atoms with Crippen molar-refractivity contribution in [1.29, 1.82) is 5.41 Å². The van der Waals surface area contributed by atoms with Gasteiger partial charge in [0, 0.05) is 0 Å². The number of hydrogen-bond acceptors (Lipinski definition) is 3. The number of aryl methyl sites for hydroxylation is 1. The number of carbonyl (C=O) groups is 1. The molecule has 4 nitrogen and oxygen atoms in total. The summed E-state index contributed by atoms with van der Waals surface area (Å²) in [7, 11) is 0. The number of thioether (sulfide) groups is 1. The van der Waals surface area contributed by atoms with Crippen LogP contribution in [-0.2, 0) is 11.2 Å². The van der Waals surface area contributed by atoms with E-state index in [4.69, 9.17) is 11.1 Å². The molecule has 22 heavy (non-hydrogen) atoms. The smallest absolute Gasteiger partial charge is 0.317 e. The molecular formula is C17H18N2O2S. The minimum atomic E-state index is -0.933. The second kappa shape index (κ2) is 7.66. The molecule has 1 atom stereocenters. The van der Waals surface area contributed by atoms with Gasteiger partial charge in [-0.1, -0.05) is 66.4 Å². The lowest BCUT2D eigenvalue weighted by Crippen LogP contribution is -2.22. The fraction of sp³-hybridized carbons (Fsp3) is 0.176. The van der Waals surface area contributed by atoms with Gasteiger partial charge in [-0.25, -0.2) is 0 Å². The molecule has 2 rings (SSSR count). The lowest BCUT2D eigenvalue weighted by Gasteiger charge is -2.13. The number of rotatable bonds is 6. The zero-order chi connectivity index (χ0) is 15.9. The Morgan fingerprint density at radius 1 is 1.14 bits per heavy atom. The normalized spacial score (nSPS) is 11.8. The van der Waals surface area contributed by atoms with Crippen molar-refractivity contribution in [3.8, 4) is 11.1 Å². The molecule has 0 aliphatic rings. The third-order valence-electron chi connectivity index (χ3n) is 3.32. The molecule has 114 valence electrons. The molecule has 0 heterocycles. The van der Waals surface area contributed by atoms with E-state index in [0.29, 0.717) is 12.8 Å². The fourth-order valence-electron chi connectivity index (χ4n) is 2.31. The average molecular weight is 314 g/mol. The maximum absolute atomic E-state index is 11.2. The highest BCUT2D eigenvalue weighted by Gasteiger charge is 2.20. The van der Waals surface area contributed by atoms with Gasteiger partial charge >= 0.3 is 5.97 Å². The van der Waals surface area contributed by atoms with E-state index >= 15 is 0 Å². The Balaban J connectivity index is 2.16. The van der Waals surface area contributed by atoms with Crippen LogP contribution in [0.3, 0.4) is 0 Å². The molecule has 1 unspecified atom stereocenters. The van der Waals surface area contributed by atoms with Crippen LogP contribution < -0.4 is 5.73 Å². The van der Waals surface area contributed by atoms with Crippen molar-refractivity contribution in [2.45, 2.75) is 18.1 Å². The molecule has 2 aromatic carbocycles. The molecule has 4 N–H and O–H groups in total. The first-order valence-electron chi connectivity index (χ1n) is 6.94. The molecule has 0 spiro atoms. The fourth-order valence-corrected chi connectivity index (χ4v) is 2.95. The first kappa shape index (κ1) is 16.1. The Bertz CT molecular complexity index is 659. The molecule has 0 saturated carbocycles. The second-order valence-corrected chi connectivity index (χ2v) is 6.12. The first-order valence-corrected chi connectivity index (χ1v) is 7.82. The summed E-state index contributed by atoms with van der Waals surface area (Å²) in [6.07, 6.45) is 1.06. The summed E-state index contributed by atoms with van der Waals surface area (Å²) < 4.78 is 0. The molecule has 0 aromatic heterocycles. The Labute approximate surface area is 133 Å². The van der Waals surface area contributed by atoms with Gasteiger partial charge in [-0.2, -0.15) is 0 Å². The summed E-state index contributed by atoms with van der Waals surface area (Å²) in [4.78, 5) is 11.2. The van der Waals surface area contributed by atoms with E-state index in [1.165, 1.54) is 0 Å². The highest BCUT2D eigenvalue weighted by atomic mass is 32.2. The highest BCUT2D eigenvalue weighted by molar-refractivity contribution is 8.14. The number of hydrogen-bond donors (Lipinski definition) is 3. The maximum Gasteiger partial charge on any atom is 0.317 e. The standard InChI is InChI=1S/C17H18N2O2S/c18-17(19)22-15(16(20)21)11-10-13-8-4-5-9-14(13)12-6-2-1-3-7-12/h1-9,15H,10-11H2,(H3,18,19)(H,20,21). The molecule has 0 amide bonds. The van der Waals surface area contributed by atoms with Gasteiger partial charge in [-0.15, -0.1) is 0 Å². The van der Waals surface area contributed by atoms with E-state index in [0.717, 1.165) is 28.5 Å². The Morgan fingerprint density at radius 2 is 1.77 bits per heavy atom. The Hall–Kier alpha value is -2.27. The van der Waals surface area contributed by atoms with Crippen LogP contribution in [0.25, 0.3) is 11.1 Å². The lowest BCUT2D eigenvalue weighted by atomic mass is 9.96. The summed E-state index contributed by atoms with van der Waals surface area (Å²) in [6.45, 7) is 0. The molecule has 0 bridgehead atoms. The van der Waals surface area contributed by atoms with Crippen molar-refractivity contribution in [1.82, 2.24) is 0 Å². The van der Waals surface area contributed by atoms with Crippen LogP contribution in [-0.4, -0.2) is 21.5 Å². The summed E-state index contributed by atoms with van der Waals surface area (Å²) in [5, 5.41) is 15.6. The minimum Gasteiger partial charge on any atom is -0.480 e. The summed E-state index contributed by atoms with van der Waals surface area (Å²) in [6, 6.07) is 18.0. The van der Waals surface area contributed by atoms with Crippen molar-refractivity contribution in [2.75, 3.05) is 0 Å². The number of nitrogens with two attached hydrogens (primary N) is 1. The number of amidine groups is 1. The van der Waals surface area contributed by atoms with Crippen LogP contribution in [0.1, 0.15) is 12.0 Å². The Morgan fingerprint density at radius 3 is 2.41 bits per heavy atom. The van der Waals surface area contributed by atoms with E-state index < -0.39 is 11.2 Å². The van der Waals surface area contributed by atoms with Crippen LogP contribution in [0.5, 0.6) is 0 Å². The zero-order valence-electron chi connectivity index (χ0n) is 12.0. The largest absolute Gasteiger partial charge is 0.480 e. The predicted octanol–water partition coefficient (Wildman–Crippen LogP) is 3.37. The van der Waals surface area contributed by atoms with Crippen molar-refractivity contribution < 1.29 is 9.90 Å². The third kappa shape index (κ3) is 4.36. The monoisotopic (exact) mass is 314 g/mol. The molecule has 0 aliphatic carbocycles. The number of carboxylic acid groups (broad SMARTS) is 1. The maximum atomic E-state index is 11.2. The van der Waals surface area contributed by atoms with Crippen molar-refractivity contribution in [3.05, 3.63) is 60.2 Å². The van der Waals surface area contributed by atoms with Crippen molar-refractivity contribution in [2.24, 2.45) is 5.73 Å².